The molecule has 1 amide bonds. The Balaban J connectivity index is 1.82. The smallest absolute Gasteiger partial charge is 0.341 e. The van der Waals surface area contributed by atoms with Crippen molar-refractivity contribution in [3.63, 3.8) is 0 Å². The fourth-order valence-electron chi connectivity index (χ4n) is 3.72. The van der Waals surface area contributed by atoms with E-state index in [0.717, 1.165) is 11.3 Å². The molecule has 0 aliphatic rings. The first-order valence-electron chi connectivity index (χ1n) is 10.7. The van der Waals surface area contributed by atoms with Gasteiger partial charge in [-0.3, -0.25) is 9.59 Å². The minimum Gasteiger partial charge on any atom is -0.462 e. The molecule has 2 aromatic carbocycles. The lowest BCUT2D eigenvalue weighted by molar-refractivity contribution is 0.0527. The first-order valence-corrected chi connectivity index (χ1v) is 12.3. The predicted molar refractivity (Wildman–Crippen MR) is 140 cm³/mol. The van der Waals surface area contributed by atoms with E-state index < -0.39 is 11.9 Å². The van der Waals surface area contributed by atoms with Crippen molar-refractivity contribution >= 4 is 68.1 Å². The number of hydrogen-bond acceptors (Lipinski definition) is 6. The van der Waals surface area contributed by atoms with Gasteiger partial charge in [0, 0.05) is 10.9 Å². The van der Waals surface area contributed by atoms with Gasteiger partial charge in [0.25, 0.3) is 5.91 Å². The molecule has 178 valence electrons. The first-order chi connectivity index (χ1) is 16.7. The number of nitrogens with zero attached hydrogens (tertiary/aromatic N) is 1. The molecule has 0 fully saturated rings. The van der Waals surface area contributed by atoms with Crippen LogP contribution < -0.4 is 5.32 Å². The van der Waals surface area contributed by atoms with Crippen LogP contribution in [0.3, 0.4) is 0 Å². The summed E-state index contributed by atoms with van der Waals surface area (Å²) < 4.78 is 5.17. The maximum atomic E-state index is 13.5. The van der Waals surface area contributed by atoms with E-state index in [1.807, 2.05) is 12.1 Å². The van der Waals surface area contributed by atoms with Gasteiger partial charge in [-0.25, -0.2) is 9.78 Å². The zero-order chi connectivity index (χ0) is 25.3. The number of anilines is 1. The van der Waals surface area contributed by atoms with Gasteiger partial charge >= 0.3 is 5.97 Å². The second-order valence-electron chi connectivity index (χ2n) is 7.69. The van der Waals surface area contributed by atoms with E-state index in [-0.39, 0.29) is 23.0 Å². The Morgan fingerprint density at radius 2 is 1.80 bits per heavy atom. The van der Waals surface area contributed by atoms with E-state index in [9.17, 15) is 14.4 Å². The lowest BCUT2D eigenvalue weighted by atomic mass is 10.0. The quantitative estimate of drug-likeness (QED) is 0.212. The van der Waals surface area contributed by atoms with Gasteiger partial charge in [0.05, 0.1) is 43.9 Å². The summed E-state index contributed by atoms with van der Waals surface area (Å²) in [6, 6.07) is 14.0. The van der Waals surface area contributed by atoms with Gasteiger partial charge in [-0.2, -0.15) is 0 Å². The number of aromatic nitrogens is 1. The fraction of sp³-hybridized carbons (Fsp3) is 0.154. The van der Waals surface area contributed by atoms with Crippen LogP contribution in [0.5, 0.6) is 0 Å². The normalized spacial score (nSPS) is 10.9. The summed E-state index contributed by atoms with van der Waals surface area (Å²) in [6.07, 6.45) is 0. The minimum absolute atomic E-state index is 0.166. The Kier molecular flexibility index (Phi) is 7.21. The Hall–Kier alpha value is -3.26. The van der Waals surface area contributed by atoms with E-state index >= 15 is 0 Å². The Labute approximate surface area is 215 Å². The monoisotopic (exact) mass is 526 g/mol. The molecule has 0 radical (unpaired) electrons. The highest BCUT2D eigenvalue weighted by molar-refractivity contribution is 7.18. The fourth-order valence-corrected chi connectivity index (χ4v) is 5.11. The highest BCUT2D eigenvalue weighted by Crippen LogP contribution is 2.35. The number of ketones is 1. The molecule has 0 bridgehead atoms. The molecule has 4 aromatic rings. The topological polar surface area (TPSA) is 85.4 Å². The number of nitrogens with one attached hydrogen (secondary N) is 1. The van der Waals surface area contributed by atoms with Crippen LogP contribution >= 0.6 is 34.5 Å². The van der Waals surface area contributed by atoms with E-state index in [4.69, 9.17) is 27.9 Å². The van der Waals surface area contributed by atoms with Crippen molar-refractivity contribution in [1.29, 1.82) is 0 Å². The molecular formula is C26H20Cl2N2O4S. The molecule has 9 heteroatoms. The third-order valence-corrected chi connectivity index (χ3v) is 7.40. The molecular weight excluding hydrogens is 507 g/mol. The molecule has 0 atom stereocenters. The molecule has 0 saturated heterocycles. The van der Waals surface area contributed by atoms with Gasteiger partial charge in [0.1, 0.15) is 5.00 Å². The van der Waals surface area contributed by atoms with Crippen molar-refractivity contribution in [2.24, 2.45) is 0 Å². The number of benzene rings is 2. The van der Waals surface area contributed by atoms with Gasteiger partial charge in [0.2, 0.25) is 0 Å². The largest absolute Gasteiger partial charge is 0.462 e. The molecule has 4 rings (SSSR count). The van der Waals surface area contributed by atoms with Crippen LogP contribution in [0, 0.1) is 6.92 Å². The van der Waals surface area contributed by atoms with Crippen molar-refractivity contribution in [3.8, 4) is 11.3 Å². The number of carbonyl (C=O) groups excluding carboxylic acids is 3. The maximum Gasteiger partial charge on any atom is 0.341 e. The Bertz CT molecular complexity index is 1500. The molecule has 0 spiro atoms. The summed E-state index contributed by atoms with van der Waals surface area (Å²) in [7, 11) is 0. The van der Waals surface area contributed by atoms with Crippen LogP contribution in [0.15, 0.2) is 48.5 Å². The van der Waals surface area contributed by atoms with Crippen LogP contribution in [0.2, 0.25) is 10.0 Å². The molecule has 2 aromatic heterocycles. The lowest BCUT2D eigenvalue weighted by Crippen LogP contribution is -2.15. The molecule has 2 heterocycles. The summed E-state index contributed by atoms with van der Waals surface area (Å²) in [5.74, 6) is -1.25. The Morgan fingerprint density at radius 3 is 2.49 bits per heavy atom. The van der Waals surface area contributed by atoms with Crippen LogP contribution in [-0.2, 0) is 4.74 Å². The highest BCUT2D eigenvalue weighted by Gasteiger charge is 2.26. The van der Waals surface area contributed by atoms with Gasteiger partial charge in [-0.1, -0.05) is 47.5 Å². The number of ether oxygens (including phenoxy) is 1. The second kappa shape index (κ2) is 10.2. The molecule has 0 aliphatic carbocycles. The average molecular weight is 527 g/mol. The SMILES string of the molecule is CCOC(=O)c1c(NC(=O)c2cc(-c3ccc(Cl)c(Cl)c3)nc3ccccc23)sc(C(C)=O)c1C. The van der Waals surface area contributed by atoms with E-state index in [0.29, 0.717) is 48.2 Å². The Morgan fingerprint density at radius 1 is 1.06 bits per heavy atom. The third-order valence-electron chi connectivity index (χ3n) is 5.35. The molecule has 0 unspecified atom stereocenters. The first kappa shape index (κ1) is 24.9. The average Bonchev–Trinajstić information content (AvgIpc) is 3.16. The molecule has 35 heavy (non-hydrogen) atoms. The van der Waals surface area contributed by atoms with Crippen molar-refractivity contribution < 1.29 is 19.1 Å². The van der Waals surface area contributed by atoms with Crippen LogP contribution in [0.4, 0.5) is 5.00 Å². The number of thiophene rings is 1. The number of rotatable bonds is 6. The number of hydrogen-bond donors (Lipinski definition) is 1. The van der Waals surface area contributed by atoms with Gasteiger partial charge in [-0.15, -0.1) is 11.3 Å². The molecule has 0 saturated carbocycles. The number of halogens is 2. The number of amides is 1. The van der Waals surface area contributed by atoms with Crippen LogP contribution in [0.1, 0.15) is 49.8 Å². The summed E-state index contributed by atoms with van der Waals surface area (Å²) in [5.41, 5.74) is 2.84. The maximum absolute atomic E-state index is 13.5. The van der Waals surface area contributed by atoms with Crippen molar-refractivity contribution in [3.05, 3.63) is 80.1 Å². The molecule has 1 N–H and O–H groups in total. The lowest BCUT2D eigenvalue weighted by Gasteiger charge is -2.11. The number of carbonyl (C=O) groups is 3. The number of para-hydroxylation sites is 1. The summed E-state index contributed by atoms with van der Waals surface area (Å²) in [5, 5.41) is 4.50. The predicted octanol–water partition coefficient (Wildman–Crippen LogP) is 7.21. The van der Waals surface area contributed by atoms with Crippen LogP contribution in [-0.4, -0.2) is 29.3 Å². The van der Waals surface area contributed by atoms with E-state index in [2.05, 4.69) is 10.3 Å². The third kappa shape index (κ3) is 4.93. The summed E-state index contributed by atoms with van der Waals surface area (Å²) >= 11 is 13.3. The van der Waals surface area contributed by atoms with E-state index in [1.54, 1.807) is 50.2 Å². The van der Waals surface area contributed by atoms with Crippen molar-refractivity contribution in [2.75, 3.05) is 11.9 Å². The second-order valence-corrected chi connectivity index (χ2v) is 9.53. The number of pyridine rings is 1. The molecule has 6 nitrogen and oxygen atoms in total. The highest BCUT2D eigenvalue weighted by atomic mass is 35.5. The number of fused-ring (bicyclic) bond motifs is 1. The molecule has 0 aliphatic heterocycles. The van der Waals surface area contributed by atoms with Crippen LogP contribution in [0.25, 0.3) is 22.2 Å². The standard InChI is InChI=1S/C26H20Cl2N2O4S/c1-4-34-26(33)22-13(2)23(14(3)31)35-25(22)30-24(32)17-12-21(15-9-10-18(27)19(28)11-15)29-20-8-6-5-7-16(17)20/h5-12H,4H2,1-3H3,(H,30,32). The van der Waals surface area contributed by atoms with Gasteiger partial charge < -0.3 is 10.1 Å². The zero-order valence-corrected chi connectivity index (χ0v) is 21.4. The van der Waals surface area contributed by atoms with Crippen molar-refractivity contribution in [2.45, 2.75) is 20.8 Å². The number of esters is 1. The van der Waals surface area contributed by atoms with Crippen molar-refractivity contribution in [1.82, 2.24) is 4.98 Å². The summed E-state index contributed by atoms with van der Waals surface area (Å²) in [4.78, 5) is 43.4. The van der Waals surface area contributed by atoms with Gasteiger partial charge in [0.15, 0.2) is 5.78 Å². The minimum atomic E-state index is -0.597. The summed E-state index contributed by atoms with van der Waals surface area (Å²) in [6.45, 7) is 4.94. The number of Topliss-reactive ketones (excluding diaryl/α,β-unsaturated/α-hetero) is 1. The van der Waals surface area contributed by atoms with E-state index in [1.165, 1.54) is 6.92 Å². The van der Waals surface area contributed by atoms with Gasteiger partial charge in [-0.05, 0) is 50.6 Å². The zero-order valence-electron chi connectivity index (χ0n) is 19.1.